The van der Waals surface area contributed by atoms with Crippen LogP contribution in [0, 0.1) is 0 Å². The van der Waals surface area contributed by atoms with Gasteiger partial charge >= 0.3 is 0 Å². The van der Waals surface area contributed by atoms with Crippen molar-refractivity contribution in [3.8, 4) is 0 Å². The molecule has 2 aromatic carbocycles. The van der Waals surface area contributed by atoms with Crippen molar-refractivity contribution in [2.75, 3.05) is 11.5 Å². The molecule has 0 bridgehead atoms. The first kappa shape index (κ1) is 32.1. The number of unbranched alkanes of at least 4 members (excludes halogenated alkanes) is 16. The van der Waals surface area contributed by atoms with Crippen LogP contribution >= 0.6 is 0 Å². The Labute approximate surface area is 224 Å². The third-order valence-corrected chi connectivity index (χ3v) is 7.10. The summed E-state index contributed by atoms with van der Waals surface area (Å²) >= 11 is 0. The molecule has 0 saturated carbocycles. The molecule has 2 aromatic rings. The van der Waals surface area contributed by atoms with Gasteiger partial charge in [0.1, 0.15) is 0 Å². The van der Waals surface area contributed by atoms with E-state index in [4.69, 9.17) is 11.5 Å². The molecule has 0 aliphatic rings. The second-order valence-corrected chi connectivity index (χ2v) is 10.6. The fourth-order valence-electron chi connectivity index (χ4n) is 4.65. The highest BCUT2D eigenvalue weighted by atomic mass is 14.5. The normalized spacial score (nSPS) is 10.7. The maximum atomic E-state index is 5.68. The van der Waals surface area contributed by atoms with E-state index in [1.807, 2.05) is 24.3 Å². The molecule has 2 nitrogen and oxygen atoms in total. The standard InChI is InChI=1S/C18H31N.C16H27N/c1-2-3-4-5-6-7-8-9-10-11-12-17-13-15-18(19)16-14-17;1-2-3-4-5-6-7-8-9-10-15-11-13-16(17)14-12-15/h13-16H,2-12,19H2,1H3;11-14H,2-10,17H2,1H3. The Morgan fingerprint density at radius 3 is 0.889 bits per heavy atom. The Hall–Kier alpha value is -1.96. The van der Waals surface area contributed by atoms with Crippen LogP contribution in [-0.2, 0) is 12.8 Å². The van der Waals surface area contributed by atoms with Crippen LogP contribution in [0.1, 0.15) is 141 Å². The summed E-state index contributed by atoms with van der Waals surface area (Å²) < 4.78 is 0. The molecule has 0 saturated heterocycles. The van der Waals surface area contributed by atoms with Gasteiger partial charge in [0, 0.05) is 11.4 Å². The first-order valence-electron chi connectivity index (χ1n) is 15.3. The molecule has 0 aromatic heterocycles. The predicted octanol–water partition coefficient (Wildman–Crippen LogP) is 10.7. The zero-order chi connectivity index (χ0) is 26.1. The summed E-state index contributed by atoms with van der Waals surface area (Å²) in [6, 6.07) is 16.6. The third-order valence-electron chi connectivity index (χ3n) is 7.10. The third kappa shape index (κ3) is 19.3. The highest BCUT2D eigenvalue weighted by Crippen LogP contribution is 2.14. The van der Waals surface area contributed by atoms with Gasteiger partial charge in [-0.3, -0.25) is 0 Å². The average molecular weight is 495 g/mol. The van der Waals surface area contributed by atoms with Gasteiger partial charge in [0.05, 0.1) is 0 Å². The van der Waals surface area contributed by atoms with Crippen molar-refractivity contribution in [1.82, 2.24) is 0 Å². The molecule has 0 unspecified atom stereocenters. The molecule has 2 rings (SSSR count). The Kier molecular flexibility index (Phi) is 20.9. The minimum atomic E-state index is 0.865. The van der Waals surface area contributed by atoms with E-state index >= 15 is 0 Å². The molecule has 204 valence electrons. The summed E-state index contributed by atoms with van der Waals surface area (Å²) in [6.07, 6.45) is 27.6. The molecule has 2 heteroatoms. The lowest BCUT2D eigenvalue weighted by atomic mass is 10.0. The van der Waals surface area contributed by atoms with Crippen LogP contribution in [0.25, 0.3) is 0 Å². The van der Waals surface area contributed by atoms with E-state index in [0.29, 0.717) is 0 Å². The molecule has 0 aliphatic heterocycles. The Morgan fingerprint density at radius 2 is 0.611 bits per heavy atom. The average Bonchev–Trinajstić information content (AvgIpc) is 2.89. The molecule has 0 spiro atoms. The van der Waals surface area contributed by atoms with Crippen molar-refractivity contribution >= 4 is 11.4 Å². The summed E-state index contributed by atoms with van der Waals surface area (Å²) in [5.41, 5.74) is 15.9. The van der Waals surface area contributed by atoms with E-state index in [9.17, 15) is 0 Å². The molecule has 36 heavy (non-hydrogen) atoms. The lowest BCUT2D eigenvalue weighted by Gasteiger charge is -2.03. The van der Waals surface area contributed by atoms with Crippen LogP contribution < -0.4 is 11.5 Å². The molecule has 0 fully saturated rings. The van der Waals surface area contributed by atoms with Crippen molar-refractivity contribution in [2.24, 2.45) is 0 Å². The van der Waals surface area contributed by atoms with E-state index in [1.54, 1.807) is 0 Å². The van der Waals surface area contributed by atoms with Crippen LogP contribution in [0.5, 0.6) is 0 Å². The van der Waals surface area contributed by atoms with Crippen LogP contribution in [0.2, 0.25) is 0 Å². The van der Waals surface area contributed by atoms with E-state index in [0.717, 1.165) is 11.4 Å². The molecule has 0 heterocycles. The molecule has 0 radical (unpaired) electrons. The summed E-state index contributed by atoms with van der Waals surface area (Å²) in [5, 5.41) is 0. The molecular weight excluding hydrogens is 436 g/mol. The monoisotopic (exact) mass is 494 g/mol. The van der Waals surface area contributed by atoms with Gasteiger partial charge in [-0.2, -0.15) is 0 Å². The smallest absolute Gasteiger partial charge is 0.0314 e. The molecule has 0 aliphatic carbocycles. The van der Waals surface area contributed by atoms with Gasteiger partial charge in [-0.25, -0.2) is 0 Å². The van der Waals surface area contributed by atoms with Gasteiger partial charge in [-0.15, -0.1) is 0 Å². The summed E-state index contributed by atoms with van der Waals surface area (Å²) in [4.78, 5) is 0. The largest absolute Gasteiger partial charge is 0.399 e. The first-order chi connectivity index (χ1) is 17.7. The zero-order valence-corrected chi connectivity index (χ0v) is 23.9. The highest BCUT2D eigenvalue weighted by Gasteiger charge is 1.96. The Bertz CT molecular complexity index is 705. The van der Waals surface area contributed by atoms with Crippen molar-refractivity contribution < 1.29 is 0 Å². The minimum absolute atomic E-state index is 0.865. The van der Waals surface area contributed by atoms with E-state index < -0.39 is 0 Å². The summed E-state index contributed by atoms with van der Waals surface area (Å²) in [6.45, 7) is 4.55. The van der Waals surface area contributed by atoms with E-state index in [-0.39, 0.29) is 0 Å². The lowest BCUT2D eigenvalue weighted by Crippen LogP contribution is -1.88. The van der Waals surface area contributed by atoms with E-state index in [2.05, 4.69) is 38.1 Å². The van der Waals surface area contributed by atoms with Gasteiger partial charge < -0.3 is 11.5 Å². The number of anilines is 2. The number of hydrogen-bond donors (Lipinski definition) is 2. The van der Waals surface area contributed by atoms with Crippen molar-refractivity contribution in [1.29, 1.82) is 0 Å². The Balaban J connectivity index is 0.000000362. The zero-order valence-electron chi connectivity index (χ0n) is 23.9. The molecule has 0 atom stereocenters. The van der Waals surface area contributed by atoms with Gasteiger partial charge in [0.2, 0.25) is 0 Å². The first-order valence-corrected chi connectivity index (χ1v) is 15.3. The van der Waals surface area contributed by atoms with Crippen LogP contribution in [0.15, 0.2) is 48.5 Å². The topological polar surface area (TPSA) is 52.0 Å². The van der Waals surface area contributed by atoms with Crippen LogP contribution in [-0.4, -0.2) is 0 Å². The second-order valence-electron chi connectivity index (χ2n) is 10.6. The maximum Gasteiger partial charge on any atom is 0.0314 e. The summed E-state index contributed by atoms with van der Waals surface area (Å²) in [7, 11) is 0. The molecule has 0 amide bonds. The van der Waals surface area contributed by atoms with Gasteiger partial charge in [-0.1, -0.05) is 141 Å². The van der Waals surface area contributed by atoms with Crippen LogP contribution in [0.3, 0.4) is 0 Å². The number of benzene rings is 2. The number of nitrogens with two attached hydrogens (primary N) is 2. The predicted molar refractivity (Wildman–Crippen MR) is 164 cm³/mol. The van der Waals surface area contributed by atoms with Gasteiger partial charge in [-0.05, 0) is 61.1 Å². The SMILES string of the molecule is CCCCCCCCCCCCc1ccc(N)cc1.CCCCCCCCCCc1ccc(N)cc1. The second kappa shape index (κ2) is 23.4. The number of nitrogen functional groups attached to an aromatic ring is 2. The summed E-state index contributed by atoms with van der Waals surface area (Å²) in [5.74, 6) is 0. The maximum absolute atomic E-state index is 5.68. The fourth-order valence-corrected chi connectivity index (χ4v) is 4.65. The number of rotatable bonds is 20. The van der Waals surface area contributed by atoms with Crippen LogP contribution in [0.4, 0.5) is 11.4 Å². The minimum Gasteiger partial charge on any atom is -0.399 e. The van der Waals surface area contributed by atoms with Crippen molar-refractivity contribution in [2.45, 2.75) is 142 Å². The van der Waals surface area contributed by atoms with Crippen molar-refractivity contribution in [3.63, 3.8) is 0 Å². The number of hydrogen-bond acceptors (Lipinski definition) is 2. The van der Waals surface area contributed by atoms with Gasteiger partial charge in [0.15, 0.2) is 0 Å². The van der Waals surface area contributed by atoms with E-state index in [1.165, 1.54) is 140 Å². The molecule has 4 N–H and O–H groups in total. The van der Waals surface area contributed by atoms with Crippen molar-refractivity contribution in [3.05, 3.63) is 59.7 Å². The highest BCUT2D eigenvalue weighted by molar-refractivity contribution is 5.39. The Morgan fingerprint density at radius 1 is 0.361 bits per heavy atom. The number of aryl methyl sites for hydroxylation is 2. The molecular formula is C34H58N2. The van der Waals surface area contributed by atoms with Gasteiger partial charge in [0.25, 0.3) is 0 Å². The lowest BCUT2D eigenvalue weighted by molar-refractivity contribution is 0.556. The quantitative estimate of drug-likeness (QED) is 0.142. The fraction of sp³-hybridized carbons (Fsp3) is 0.647.